The Balaban J connectivity index is 5.24. The fourth-order valence-corrected chi connectivity index (χ4v) is 15.7. The van der Waals surface area contributed by atoms with Gasteiger partial charge in [-0.25, -0.2) is 9.13 Å². The lowest BCUT2D eigenvalue weighted by molar-refractivity contribution is -0.161. The van der Waals surface area contributed by atoms with Gasteiger partial charge in [0.05, 0.1) is 26.4 Å². The largest absolute Gasteiger partial charge is 0.472 e. The molecule has 0 aliphatic heterocycles. The molecule has 0 aliphatic rings. The van der Waals surface area contributed by atoms with Crippen LogP contribution in [0.15, 0.2) is 0 Å². The van der Waals surface area contributed by atoms with Crippen molar-refractivity contribution in [2.24, 2.45) is 11.8 Å². The van der Waals surface area contributed by atoms with Crippen molar-refractivity contribution < 1.29 is 80.2 Å². The Kier molecular flexibility index (Phi) is 79.8. The van der Waals surface area contributed by atoms with E-state index in [1.165, 1.54) is 302 Å². The zero-order valence-corrected chi connectivity index (χ0v) is 73.7. The summed E-state index contributed by atoms with van der Waals surface area (Å²) in [7, 11) is -9.93. The van der Waals surface area contributed by atoms with E-state index < -0.39 is 97.5 Å². The van der Waals surface area contributed by atoms with Gasteiger partial charge in [-0.3, -0.25) is 37.3 Å². The topological polar surface area (TPSA) is 237 Å². The van der Waals surface area contributed by atoms with E-state index in [2.05, 4.69) is 41.5 Å². The highest BCUT2D eigenvalue weighted by Crippen LogP contribution is 2.45. The van der Waals surface area contributed by atoms with Crippen molar-refractivity contribution in [2.75, 3.05) is 39.6 Å². The number of phosphoric acid groups is 2. The fraction of sp³-hybridized carbons (Fsp3) is 0.956. The molecule has 0 aliphatic carbocycles. The van der Waals surface area contributed by atoms with Gasteiger partial charge in [-0.05, 0) is 37.5 Å². The van der Waals surface area contributed by atoms with Crippen LogP contribution in [0, 0.1) is 11.8 Å². The molecule has 0 spiro atoms. The first-order chi connectivity index (χ1) is 52.9. The molecular formula is C90H176O17P2. The molecule has 0 bridgehead atoms. The second-order valence-electron chi connectivity index (χ2n) is 33.1. The predicted octanol–water partition coefficient (Wildman–Crippen LogP) is 27.8. The van der Waals surface area contributed by atoms with Crippen molar-refractivity contribution >= 4 is 39.5 Å². The number of esters is 4. The normalized spacial score (nSPS) is 14.0. The average molecular weight is 1590 g/mol. The second-order valence-corrected chi connectivity index (χ2v) is 36.0. The summed E-state index contributed by atoms with van der Waals surface area (Å²) in [6, 6.07) is 0. The summed E-state index contributed by atoms with van der Waals surface area (Å²) in [6.07, 6.45) is 74.9. The maximum absolute atomic E-state index is 13.2. The Hall–Kier alpha value is -1.94. The highest BCUT2D eigenvalue weighted by atomic mass is 31.2. The van der Waals surface area contributed by atoms with Gasteiger partial charge >= 0.3 is 39.5 Å². The van der Waals surface area contributed by atoms with Crippen molar-refractivity contribution in [3.05, 3.63) is 0 Å². The molecule has 0 aromatic carbocycles. The van der Waals surface area contributed by atoms with Crippen LogP contribution in [0.4, 0.5) is 0 Å². The Bertz CT molecular complexity index is 2080. The van der Waals surface area contributed by atoms with Crippen LogP contribution in [0.25, 0.3) is 0 Å². The summed E-state index contributed by atoms with van der Waals surface area (Å²) < 4.78 is 69.0. The average Bonchev–Trinajstić information content (AvgIpc) is 0.903. The zero-order valence-electron chi connectivity index (χ0n) is 71.9. The number of carbonyl (C=O) groups is 4. The maximum atomic E-state index is 13.2. The molecule has 0 heterocycles. The number of hydrogen-bond acceptors (Lipinski definition) is 15. The van der Waals surface area contributed by atoms with Crippen molar-refractivity contribution in [3.8, 4) is 0 Å². The van der Waals surface area contributed by atoms with Crippen molar-refractivity contribution in [3.63, 3.8) is 0 Å². The van der Waals surface area contributed by atoms with E-state index in [0.717, 1.165) is 102 Å². The smallest absolute Gasteiger partial charge is 0.462 e. The zero-order chi connectivity index (χ0) is 79.9. The molecule has 0 aromatic heterocycles. The first kappa shape index (κ1) is 107. The molecule has 0 saturated carbocycles. The van der Waals surface area contributed by atoms with Crippen molar-refractivity contribution in [1.82, 2.24) is 0 Å². The van der Waals surface area contributed by atoms with Gasteiger partial charge in [0, 0.05) is 25.7 Å². The van der Waals surface area contributed by atoms with E-state index in [0.29, 0.717) is 25.7 Å². The highest BCUT2D eigenvalue weighted by Gasteiger charge is 2.31. The van der Waals surface area contributed by atoms with Gasteiger partial charge in [0.1, 0.15) is 19.3 Å². The van der Waals surface area contributed by atoms with Crippen LogP contribution in [0.3, 0.4) is 0 Å². The number of carbonyl (C=O) groups excluding carboxylic acids is 4. The summed E-state index contributed by atoms with van der Waals surface area (Å²) in [5.74, 6) is -0.429. The number of ether oxygens (including phenoxy) is 4. The van der Waals surface area contributed by atoms with Crippen LogP contribution in [0.1, 0.15) is 485 Å². The minimum atomic E-state index is -4.97. The third-order valence-electron chi connectivity index (χ3n) is 21.6. The summed E-state index contributed by atoms with van der Waals surface area (Å²) in [5, 5.41) is 10.7. The SMILES string of the molecule is CCCCCCCCCCCCCCCCCCCCCC(=O)OC[C@H](COP(=O)(O)OC[C@@H](O)COP(=O)(O)OC[C@@H](COC(=O)CCCCCCCCCCCCC)OC(=O)CCCCCCCCCCCCCCCCC(C)CC)OC(=O)CCCCCCCCCCCCCCCCCCCCC(C)C. The fourth-order valence-electron chi connectivity index (χ4n) is 14.1. The van der Waals surface area contributed by atoms with Crippen LogP contribution in [-0.4, -0.2) is 96.7 Å². The summed E-state index contributed by atoms with van der Waals surface area (Å²) in [6.45, 7) is 9.79. The van der Waals surface area contributed by atoms with Crippen LogP contribution in [0.5, 0.6) is 0 Å². The summed E-state index contributed by atoms with van der Waals surface area (Å²) in [4.78, 5) is 73.4. The quantitative estimate of drug-likeness (QED) is 0.0222. The molecule has 0 amide bonds. The lowest BCUT2D eigenvalue weighted by Gasteiger charge is -2.21. The van der Waals surface area contributed by atoms with E-state index in [1.54, 1.807) is 0 Å². The van der Waals surface area contributed by atoms with Gasteiger partial charge < -0.3 is 33.8 Å². The number of aliphatic hydroxyl groups is 1. The van der Waals surface area contributed by atoms with E-state index in [1.807, 2.05) is 0 Å². The molecule has 3 unspecified atom stereocenters. The van der Waals surface area contributed by atoms with E-state index in [9.17, 15) is 43.2 Å². The van der Waals surface area contributed by atoms with Gasteiger partial charge in [0.25, 0.3) is 0 Å². The second kappa shape index (κ2) is 81.2. The first-order valence-electron chi connectivity index (χ1n) is 46.5. The molecule has 0 aromatic rings. The van der Waals surface area contributed by atoms with Gasteiger partial charge in [-0.1, -0.05) is 433 Å². The van der Waals surface area contributed by atoms with Crippen LogP contribution in [0.2, 0.25) is 0 Å². The molecular weight excluding hydrogens is 1410 g/mol. The summed E-state index contributed by atoms with van der Waals surface area (Å²) in [5.41, 5.74) is 0. The van der Waals surface area contributed by atoms with Crippen LogP contribution >= 0.6 is 15.6 Å². The first-order valence-corrected chi connectivity index (χ1v) is 49.5. The number of unbranched alkanes of at least 4 members (excludes halogenated alkanes) is 58. The summed E-state index contributed by atoms with van der Waals surface area (Å²) >= 11 is 0. The lowest BCUT2D eigenvalue weighted by Crippen LogP contribution is -2.30. The van der Waals surface area contributed by atoms with Crippen LogP contribution < -0.4 is 0 Å². The third-order valence-corrected chi connectivity index (χ3v) is 23.5. The molecule has 0 radical (unpaired) electrons. The third kappa shape index (κ3) is 82.4. The highest BCUT2D eigenvalue weighted by molar-refractivity contribution is 7.47. The van der Waals surface area contributed by atoms with Gasteiger partial charge in [-0.2, -0.15) is 0 Å². The lowest BCUT2D eigenvalue weighted by atomic mass is 9.99. The molecule has 19 heteroatoms. The molecule has 6 atom stereocenters. The van der Waals surface area contributed by atoms with Gasteiger partial charge in [0.15, 0.2) is 12.2 Å². The Morgan fingerprint density at radius 3 is 0.697 bits per heavy atom. The van der Waals surface area contributed by atoms with Crippen LogP contribution in [-0.2, 0) is 65.4 Å². The van der Waals surface area contributed by atoms with Crippen molar-refractivity contribution in [2.45, 2.75) is 503 Å². The molecule has 0 fully saturated rings. The molecule has 3 N–H and O–H groups in total. The predicted molar refractivity (Wildman–Crippen MR) is 451 cm³/mol. The van der Waals surface area contributed by atoms with E-state index in [4.69, 9.17) is 37.0 Å². The monoisotopic (exact) mass is 1590 g/mol. The minimum Gasteiger partial charge on any atom is -0.462 e. The molecule has 109 heavy (non-hydrogen) atoms. The van der Waals surface area contributed by atoms with Crippen molar-refractivity contribution in [1.29, 1.82) is 0 Å². The molecule has 648 valence electrons. The Morgan fingerprint density at radius 2 is 0.468 bits per heavy atom. The molecule has 0 rings (SSSR count). The van der Waals surface area contributed by atoms with E-state index >= 15 is 0 Å². The number of aliphatic hydroxyl groups excluding tert-OH is 1. The standard InChI is InChI=1S/C90H176O17P2/c1-7-10-12-14-16-18-20-21-22-23-24-28-31-37-43-49-55-61-67-73-88(93)101-79-86(107-89(94)74-68-62-56-50-44-38-32-29-26-25-27-30-35-41-46-52-58-64-70-82(4)5)81-105-109(98,99)103-77-84(91)76-102-108(96,97)104-80-85(78-100-87(92)72-66-60-54-48-40-19-17-15-13-11-8-2)106-90(95)75-69-63-57-51-45-39-34-33-36-42-47-53-59-65-71-83(6)9-3/h82-86,91H,7-81H2,1-6H3,(H,96,97)(H,98,99)/t83?,84-,85+,86+/m0/s1. The Morgan fingerprint density at radius 1 is 0.266 bits per heavy atom. The Labute approximate surface area is 670 Å². The number of phosphoric ester groups is 2. The van der Waals surface area contributed by atoms with Gasteiger partial charge in [-0.15, -0.1) is 0 Å². The van der Waals surface area contributed by atoms with E-state index in [-0.39, 0.29) is 25.7 Å². The molecule has 0 saturated heterocycles. The number of rotatable bonds is 89. The van der Waals surface area contributed by atoms with Gasteiger partial charge in [0.2, 0.25) is 0 Å². The maximum Gasteiger partial charge on any atom is 0.472 e. The number of hydrogen-bond donors (Lipinski definition) is 3. The minimum absolute atomic E-state index is 0.108. The molecule has 17 nitrogen and oxygen atoms in total.